The van der Waals surface area contributed by atoms with Gasteiger partial charge >= 0.3 is 0 Å². The Morgan fingerprint density at radius 2 is 1.31 bits per heavy atom. The number of halogens is 1. The summed E-state index contributed by atoms with van der Waals surface area (Å²) in [6.07, 6.45) is 5.11. The van der Waals surface area contributed by atoms with Crippen LogP contribution in [0, 0.1) is 0 Å². The standard InChI is InChI=1S/C35H27INOP.C3H8/c1-23(2)20-24(3)38-39(36)33-22-31(29-16-8-9-17-30(29)35(33)32-18-10-11-19-37-32)34-27-14-6-4-12-25(27)21-26-13-5-7-15-28(26)34;1-3-2/h4-22H,1H2,2-3H3;3H2,1-2H3/b24-20-;. The molecule has 210 valence electrons. The summed E-state index contributed by atoms with van der Waals surface area (Å²) in [5.41, 5.74) is 5.51. The molecule has 6 rings (SSSR count). The number of fused-ring (bicyclic) bond motifs is 3. The van der Waals surface area contributed by atoms with Gasteiger partial charge in [-0.3, -0.25) is 4.98 Å². The van der Waals surface area contributed by atoms with Gasteiger partial charge in [0.2, 0.25) is 0 Å². The van der Waals surface area contributed by atoms with Crippen molar-refractivity contribution in [3.63, 3.8) is 0 Å². The molecule has 0 saturated carbocycles. The second-order valence-corrected chi connectivity index (χ2v) is 14.2. The molecule has 0 N–H and O–H groups in total. The number of rotatable bonds is 6. The van der Waals surface area contributed by atoms with Gasteiger partial charge in [-0.1, -0.05) is 111 Å². The Hall–Kier alpha value is -3.53. The van der Waals surface area contributed by atoms with Crippen molar-refractivity contribution >= 4 is 65.5 Å². The smallest absolute Gasteiger partial charge is 0.183 e. The van der Waals surface area contributed by atoms with Gasteiger partial charge in [-0.05, 0) is 110 Å². The van der Waals surface area contributed by atoms with Crippen molar-refractivity contribution in [3.05, 3.63) is 133 Å². The van der Waals surface area contributed by atoms with Crippen LogP contribution < -0.4 is 5.30 Å². The summed E-state index contributed by atoms with van der Waals surface area (Å²) in [6, 6.07) is 36.8. The number of hydrogen-bond donors (Lipinski definition) is 0. The Bertz CT molecular complexity index is 1860. The maximum absolute atomic E-state index is 6.55. The van der Waals surface area contributed by atoms with Gasteiger partial charge < -0.3 is 4.52 Å². The molecule has 0 fully saturated rings. The van der Waals surface area contributed by atoms with Crippen molar-refractivity contribution in [2.45, 2.75) is 34.1 Å². The van der Waals surface area contributed by atoms with Crippen LogP contribution in [0.4, 0.5) is 0 Å². The maximum atomic E-state index is 6.55. The average Bonchev–Trinajstić information content (AvgIpc) is 2.99. The molecule has 0 radical (unpaired) electrons. The molecule has 4 heteroatoms. The van der Waals surface area contributed by atoms with Gasteiger partial charge in [0.25, 0.3) is 0 Å². The van der Waals surface area contributed by atoms with Crippen LogP contribution in [0.5, 0.6) is 0 Å². The summed E-state index contributed by atoms with van der Waals surface area (Å²) in [4.78, 5) is 4.79. The molecule has 0 saturated heterocycles. The van der Waals surface area contributed by atoms with E-state index in [1.165, 1.54) is 49.9 Å². The molecule has 0 bridgehead atoms. The highest BCUT2D eigenvalue weighted by Gasteiger charge is 2.23. The quantitative estimate of drug-likeness (QED) is 0.0575. The van der Waals surface area contributed by atoms with E-state index in [0.717, 1.165) is 27.9 Å². The third-order valence-corrected chi connectivity index (χ3v) is 10.2. The van der Waals surface area contributed by atoms with Crippen LogP contribution in [-0.2, 0) is 4.52 Å². The summed E-state index contributed by atoms with van der Waals surface area (Å²) in [7, 11) is 0. The molecule has 2 nitrogen and oxygen atoms in total. The third-order valence-electron chi connectivity index (χ3n) is 6.85. The number of allylic oxidation sites excluding steroid dienone is 3. The minimum absolute atomic E-state index is 0.861. The van der Waals surface area contributed by atoms with E-state index in [1.54, 1.807) is 0 Å². The van der Waals surface area contributed by atoms with Crippen LogP contribution in [0.25, 0.3) is 54.7 Å². The molecule has 0 spiro atoms. The summed E-state index contributed by atoms with van der Waals surface area (Å²) < 4.78 is 6.55. The fourth-order valence-electron chi connectivity index (χ4n) is 5.34. The maximum Gasteiger partial charge on any atom is 0.183 e. The first-order valence-electron chi connectivity index (χ1n) is 14.3. The number of hydrogen-bond acceptors (Lipinski definition) is 2. The van der Waals surface area contributed by atoms with Gasteiger partial charge in [0.05, 0.1) is 11.5 Å². The fourth-order valence-corrected chi connectivity index (χ4v) is 8.46. The van der Waals surface area contributed by atoms with Crippen LogP contribution in [0.2, 0.25) is 0 Å². The van der Waals surface area contributed by atoms with Crippen LogP contribution in [0.3, 0.4) is 0 Å². The number of benzene rings is 5. The lowest BCUT2D eigenvalue weighted by Gasteiger charge is -2.22. The second kappa shape index (κ2) is 13.6. The van der Waals surface area contributed by atoms with Gasteiger partial charge in [-0.2, -0.15) is 0 Å². The highest BCUT2D eigenvalue weighted by molar-refractivity contribution is 14.2. The van der Waals surface area contributed by atoms with E-state index in [4.69, 9.17) is 9.51 Å². The lowest BCUT2D eigenvalue weighted by Crippen LogP contribution is -2.08. The number of aromatic nitrogens is 1. The van der Waals surface area contributed by atoms with E-state index >= 15 is 0 Å². The SMILES string of the molecule is C=C(C)/C=C(/C)OP(I)c1cc(-c2c3ccccc3cc3ccccc23)c2ccccc2c1-c1ccccn1.CCC. The van der Waals surface area contributed by atoms with Gasteiger partial charge in [0.1, 0.15) is 0 Å². The molecular formula is C38H35INOP. The monoisotopic (exact) mass is 679 g/mol. The molecule has 0 aliphatic rings. The molecule has 6 aromatic rings. The van der Waals surface area contributed by atoms with Gasteiger partial charge in [0.15, 0.2) is 5.79 Å². The Balaban J connectivity index is 0.00000113. The van der Waals surface area contributed by atoms with E-state index in [9.17, 15) is 0 Å². The molecule has 5 aromatic carbocycles. The van der Waals surface area contributed by atoms with E-state index < -0.39 is 5.79 Å². The lowest BCUT2D eigenvalue weighted by atomic mass is 9.88. The molecule has 1 heterocycles. The predicted octanol–water partition coefficient (Wildman–Crippen LogP) is 12.2. The fraction of sp³-hybridized carbons (Fsp3) is 0.132. The van der Waals surface area contributed by atoms with Gasteiger partial charge in [-0.15, -0.1) is 0 Å². The first-order chi connectivity index (χ1) is 20.4. The summed E-state index contributed by atoms with van der Waals surface area (Å²) in [6.45, 7) is 12.3. The molecule has 1 atom stereocenters. The van der Waals surface area contributed by atoms with E-state index in [-0.39, 0.29) is 0 Å². The van der Waals surface area contributed by atoms with Crippen LogP contribution in [0.15, 0.2) is 133 Å². The zero-order valence-electron chi connectivity index (χ0n) is 24.6. The van der Waals surface area contributed by atoms with Gasteiger partial charge in [-0.25, -0.2) is 0 Å². The zero-order valence-corrected chi connectivity index (χ0v) is 27.6. The van der Waals surface area contributed by atoms with Crippen LogP contribution in [0.1, 0.15) is 34.1 Å². The largest absolute Gasteiger partial charge is 0.463 e. The van der Waals surface area contributed by atoms with Crippen molar-refractivity contribution in [1.29, 1.82) is 0 Å². The summed E-state index contributed by atoms with van der Waals surface area (Å²) >= 11 is 2.47. The summed E-state index contributed by atoms with van der Waals surface area (Å²) in [5.74, 6) is -0.174. The Morgan fingerprint density at radius 3 is 1.88 bits per heavy atom. The normalized spacial score (nSPS) is 12.2. The van der Waals surface area contributed by atoms with Gasteiger partial charge in [0, 0.05) is 17.1 Å². The average molecular weight is 680 g/mol. The second-order valence-electron chi connectivity index (χ2n) is 10.4. The Labute approximate surface area is 263 Å². The van der Waals surface area contributed by atoms with Crippen molar-refractivity contribution in [2.24, 2.45) is 0 Å². The molecule has 0 aliphatic carbocycles. The first kappa shape index (κ1) is 29.9. The molecule has 0 amide bonds. The number of nitrogens with zero attached hydrogens (tertiary/aromatic N) is 1. The van der Waals surface area contributed by atoms with E-state index in [2.05, 4.69) is 140 Å². The van der Waals surface area contributed by atoms with E-state index in [1.807, 2.05) is 32.2 Å². The minimum atomic E-state index is -1.04. The highest BCUT2D eigenvalue weighted by Crippen LogP contribution is 2.52. The molecular weight excluding hydrogens is 644 g/mol. The highest BCUT2D eigenvalue weighted by atomic mass is 127. The first-order valence-corrected chi connectivity index (χ1v) is 18.3. The Morgan fingerprint density at radius 1 is 0.762 bits per heavy atom. The molecule has 42 heavy (non-hydrogen) atoms. The van der Waals surface area contributed by atoms with Crippen LogP contribution in [-0.4, -0.2) is 4.98 Å². The minimum Gasteiger partial charge on any atom is -0.463 e. The molecule has 1 aromatic heterocycles. The van der Waals surface area contributed by atoms with E-state index in [0.29, 0.717) is 0 Å². The van der Waals surface area contributed by atoms with Crippen LogP contribution >= 0.6 is 27.8 Å². The Kier molecular flexibility index (Phi) is 9.72. The third kappa shape index (κ3) is 6.28. The molecule has 0 aliphatic heterocycles. The van der Waals surface area contributed by atoms with Crippen molar-refractivity contribution < 1.29 is 4.52 Å². The number of pyridine rings is 1. The van der Waals surface area contributed by atoms with Crippen molar-refractivity contribution in [1.82, 2.24) is 4.98 Å². The lowest BCUT2D eigenvalue weighted by molar-refractivity contribution is 0.491. The zero-order chi connectivity index (χ0) is 29.6. The predicted molar refractivity (Wildman–Crippen MR) is 194 cm³/mol. The van der Waals surface area contributed by atoms with Crippen molar-refractivity contribution in [2.75, 3.05) is 0 Å². The topological polar surface area (TPSA) is 22.1 Å². The summed E-state index contributed by atoms with van der Waals surface area (Å²) in [5, 5.41) is 8.50. The van der Waals surface area contributed by atoms with Crippen molar-refractivity contribution in [3.8, 4) is 22.4 Å². The molecule has 1 unspecified atom stereocenters.